The van der Waals surface area contributed by atoms with Crippen molar-refractivity contribution in [3.63, 3.8) is 0 Å². The molecular weight excluding hydrogens is 304 g/mol. The Hall–Kier alpha value is -3.02. The van der Waals surface area contributed by atoms with E-state index in [2.05, 4.69) is 20.8 Å². The third-order valence-corrected chi connectivity index (χ3v) is 3.37. The maximum absolute atomic E-state index is 5.39. The molecule has 24 heavy (non-hydrogen) atoms. The number of furan rings is 1. The van der Waals surface area contributed by atoms with E-state index in [1.54, 1.807) is 6.26 Å². The van der Waals surface area contributed by atoms with Crippen LogP contribution in [0.2, 0.25) is 0 Å². The molecule has 0 radical (unpaired) electrons. The van der Waals surface area contributed by atoms with Gasteiger partial charge in [-0.3, -0.25) is 0 Å². The van der Waals surface area contributed by atoms with Crippen molar-refractivity contribution < 1.29 is 8.94 Å². The summed E-state index contributed by atoms with van der Waals surface area (Å²) in [6.07, 6.45) is 1.65. The molecule has 0 aliphatic rings. The van der Waals surface area contributed by atoms with Gasteiger partial charge in [0.1, 0.15) is 11.5 Å². The van der Waals surface area contributed by atoms with E-state index < -0.39 is 0 Å². The zero-order valence-corrected chi connectivity index (χ0v) is 13.5. The van der Waals surface area contributed by atoms with E-state index in [-0.39, 0.29) is 0 Å². The zero-order chi connectivity index (χ0) is 16.6. The monoisotopic (exact) mass is 324 g/mol. The van der Waals surface area contributed by atoms with Gasteiger partial charge in [0.2, 0.25) is 0 Å². The average molecular weight is 324 g/mol. The lowest BCUT2D eigenvalue weighted by Crippen LogP contribution is -2.36. The normalized spacial score (nSPS) is 11.5. The quantitative estimate of drug-likeness (QED) is 0.538. The number of hydrogen-bond donors (Lipinski definition) is 2. The summed E-state index contributed by atoms with van der Waals surface area (Å²) in [5.41, 5.74) is 1.78. The largest absolute Gasteiger partial charge is 0.467 e. The Kier molecular flexibility index (Phi) is 5.29. The number of nitrogens with one attached hydrogen (secondary N) is 2. The number of hydrogen-bond acceptors (Lipinski definition) is 4. The van der Waals surface area contributed by atoms with Gasteiger partial charge in [-0.1, -0.05) is 35.5 Å². The molecule has 0 saturated carbocycles. The number of aromatic nitrogens is 1. The fourth-order valence-electron chi connectivity index (χ4n) is 2.21. The molecule has 0 saturated heterocycles. The molecule has 1 aromatic carbocycles. The van der Waals surface area contributed by atoms with Crippen molar-refractivity contribution in [1.29, 1.82) is 0 Å². The van der Waals surface area contributed by atoms with Crippen LogP contribution in [0.15, 0.2) is 68.7 Å². The van der Waals surface area contributed by atoms with Gasteiger partial charge in [-0.05, 0) is 19.1 Å². The first kappa shape index (κ1) is 15.9. The molecule has 0 fully saturated rings. The lowest BCUT2D eigenvalue weighted by Gasteiger charge is -2.09. The summed E-state index contributed by atoms with van der Waals surface area (Å²) in [6.45, 7) is 3.81. The fourth-order valence-corrected chi connectivity index (χ4v) is 2.21. The van der Waals surface area contributed by atoms with Gasteiger partial charge in [0.15, 0.2) is 11.7 Å². The minimum atomic E-state index is 0.434. The van der Waals surface area contributed by atoms with Crippen molar-refractivity contribution in [2.45, 2.75) is 20.0 Å². The van der Waals surface area contributed by atoms with E-state index in [1.807, 2.05) is 55.5 Å². The third kappa shape index (κ3) is 4.25. The Labute approximate surface area is 140 Å². The van der Waals surface area contributed by atoms with Gasteiger partial charge in [0.05, 0.1) is 19.4 Å². The lowest BCUT2D eigenvalue weighted by molar-refractivity contribution is 0.424. The van der Waals surface area contributed by atoms with Gasteiger partial charge in [-0.15, -0.1) is 0 Å². The zero-order valence-electron chi connectivity index (χ0n) is 13.5. The summed E-state index contributed by atoms with van der Waals surface area (Å²) >= 11 is 0. The Morgan fingerprint density at radius 1 is 1.12 bits per heavy atom. The van der Waals surface area contributed by atoms with Gasteiger partial charge in [-0.25, -0.2) is 4.99 Å². The average Bonchev–Trinajstić information content (AvgIpc) is 3.30. The van der Waals surface area contributed by atoms with Gasteiger partial charge < -0.3 is 19.6 Å². The minimum absolute atomic E-state index is 0.434. The van der Waals surface area contributed by atoms with E-state index in [9.17, 15) is 0 Å². The smallest absolute Gasteiger partial charge is 0.192 e. The molecule has 0 spiro atoms. The molecular formula is C18H20N4O2. The second kappa shape index (κ2) is 8.01. The molecule has 6 heteroatoms. The molecule has 0 bridgehead atoms. The molecule has 2 aromatic heterocycles. The topological polar surface area (TPSA) is 75.6 Å². The van der Waals surface area contributed by atoms with Crippen LogP contribution in [0.25, 0.3) is 11.3 Å². The highest BCUT2D eigenvalue weighted by Crippen LogP contribution is 2.19. The Bertz CT molecular complexity index is 763. The maximum atomic E-state index is 5.39. The number of nitrogens with zero attached hydrogens (tertiary/aromatic N) is 2. The predicted molar refractivity (Wildman–Crippen MR) is 92.3 cm³/mol. The lowest BCUT2D eigenvalue weighted by atomic mass is 10.2. The molecule has 0 atom stereocenters. The van der Waals surface area contributed by atoms with E-state index in [0.29, 0.717) is 19.0 Å². The summed E-state index contributed by atoms with van der Waals surface area (Å²) < 4.78 is 10.7. The molecule has 2 N–H and O–H groups in total. The molecule has 0 aliphatic heterocycles. The minimum Gasteiger partial charge on any atom is -0.467 e. The first-order valence-corrected chi connectivity index (χ1v) is 7.90. The van der Waals surface area contributed by atoms with E-state index in [1.165, 1.54) is 0 Å². The molecule has 124 valence electrons. The van der Waals surface area contributed by atoms with Crippen molar-refractivity contribution in [2.75, 3.05) is 6.54 Å². The molecule has 0 unspecified atom stereocenters. The second-order valence-corrected chi connectivity index (χ2v) is 5.18. The maximum Gasteiger partial charge on any atom is 0.192 e. The summed E-state index contributed by atoms with van der Waals surface area (Å²) in [5.74, 6) is 2.31. The molecule has 2 heterocycles. The van der Waals surface area contributed by atoms with Crippen LogP contribution in [0.1, 0.15) is 18.4 Å². The first-order valence-electron chi connectivity index (χ1n) is 7.90. The number of aliphatic imine (C=N–C) groups is 1. The van der Waals surface area contributed by atoms with Crippen LogP contribution in [0.5, 0.6) is 0 Å². The predicted octanol–water partition coefficient (Wildman–Crippen LogP) is 3.19. The molecule has 3 rings (SSSR count). The van der Waals surface area contributed by atoms with Crippen molar-refractivity contribution in [3.8, 4) is 11.3 Å². The van der Waals surface area contributed by atoms with E-state index in [0.717, 1.165) is 29.3 Å². The second-order valence-electron chi connectivity index (χ2n) is 5.18. The highest BCUT2D eigenvalue weighted by Gasteiger charge is 2.06. The highest BCUT2D eigenvalue weighted by atomic mass is 16.5. The summed E-state index contributed by atoms with van der Waals surface area (Å²) in [7, 11) is 0. The summed E-state index contributed by atoms with van der Waals surface area (Å²) in [4.78, 5) is 4.52. The van der Waals surface area contributed by atoms with Crippen molar-refractivity contribution in [3.05, 3.63) is 66.2 Å². The molecule has 0 amide bonds. The van der Waals surface area contributed by atoms with Crippen molar-refractivity contribution in [2.24, 2.45) is 4.99 Å². The number of benzene rings is 1. The highest BCUT2D eigenvalue weighted by molar-refractivity contribution is 5.79. The van der Waals surface area contributed by atoms with E-state index >= 15 is 0 Å². The fraction of sp³-hybridized carbons (Fsp3) is 0.222. The van der Waals surface area contributed by atoms with Gasteiger partial charge in [-0.2, -0.15) is 0 Å². The van der Waals surface area contributed by atoms with Crippen molar-refractivity contribution >= 4 is 5.96 Å². The summed E-state index contributed by atoms with van der Waals surface area (Å²) in [6, 6.07) is 15.6. The SMILES string of the molecule is CCNC(=NCc1cc(-c2ccccc2)on1)NCc1ccco1. The van der Waals surface area contributed by atoms with Gasteiger partial charge >= 0.3 is 0 Å². The number of rotatable bonds is 6. The molecule has 3 aromatic rings. The van der Waals surface area contributed by atoms with Crippen LogP contribution in [-0.2, 0) is 13.1 Å². The van der Waals surface area contributed by atoms with E-state index in [4.69, 9.17) is 8.94 Å². The van der Waals surface area contributed by atoms with Crippen molar-refractivity contribution in [1.82, 2.24) is 15.8 Å². The first-order chi connectivity index (χ1) is 11.8. The summed E-state index contributed by atoms with van der Waals surface area (Å²) in [5, 5.41) is 10.5. The van der Waals surface area contributed by atoms with Crippen LogP contribution in [0.3, 0.4) is 0 Å². The van der Waals surface area contributed by atoms with Gasteiger partial charge in [0, 0.05) is 18.2 Å². The Balaban J connectivity index is 1.62. The van der Waals surface area contributed by atoms with Crippen LogP contribution < -0.4 is 10.6 Å². The third-order valence-electron chi connectivity index (χ3n) is 3.37. The van der Waals surface area contributed by atoms with Crippen LogP contribution in [0, 0.1) is 0 Å². The van der Waals surface area contributed by atoms with Crippen LogP contribution in [-0.4, -0.2) is 17.7 Å². The molecule has 6 nitrogen and oxygen atoms in total. The Morgan fingerprint density at radius 2 is 2.00 bits per heavy atom. The van der Waals surface area contributed by atoms with Crippen LogP contribution >= 0.6 is 0 Å². The Morgan fingerprint density at radius 3 is 2.75 bits per heavy atom. The van der Waals surface area contributed by atoms with Gasteiger partial charge in [0.25, 0.3) is 0 Å². The standard InChI is InChI=1S/C18H20N4O2/c1-2-19-18(21-13-16-9-6-10-23-16)20-12-15-11-17(24-22-15)14-7-4-3-5-8-14/h3-11H,2,12-13H2,1H3,(H2,19,20,21). The number of guanidine groups is 1. The molecule has 0 aliphatic carbocycles. The van der Waals surface area contributed by atoms with Crippen LogP contribution in [0.4, 0.5) is 0 Å².